The Kier molecular flexibility index (Phi) is 6.80. The van der Waals surface area contributed by atoms with Gasteiger partial charge in [0.05, 0.1) is 19.1 Å². The van der Waals surface area contributed by atoms with Crippen molar-refractivity contribution >= 4 is 17.5 Å². The molecule has 6 nitrogen and oxygen atoms in total. The van der Waals surface area contributed by atoms with Crippen molar-refractivity contribution in [3.8, 4) is 5.75 Å². The van der Waals surface area contributed by atoms with Gasteiger partial charge in [0, 0.05) is 30.8 Å². The standard InChI is InChI=1S/C26H33N3O3/c1-18-9-8-11-22(19(18)2)29-17-20(15-25(29)30)26(31)27-16-23(28-13-6-7-14-28)21-10-4-5-12-24(21)32-3/h4-5,8-12,20,23H,6-7,13-17H2,1-3H3,(H,27,31). The summed E-state index contributed by atoms with van der Waals surface area (Å²) >= 11 is 0. The average molecular weight is 436 g/mol. The molecule has 32 heavy (non-hydrogen) atoms. The Morgan fingerprint density at radius 3 is 2.62 bits per heavy atom. The van der Waals surface area contributed by atoms with E-state index in [4.69, 9.17) is 4.74 Å². The van der Waals surface area contributed by atoms with Crippen LogP contribution < -0.4 is 15.0 Å². The van der Waals surface area contributed by atoms with E-state index in [1.165, 1.54) is 12.8 Å². The molecule has 6 heteroatoms. The van der Waals surface area contributed by atoms with Crippen LogP contribution in [-0.4, -0.2) is 50.0 Å². The number of carbonyl (C=O) groups is 2. The van der Waals surface area contributed by atoms with Crippen LogP contribution in [-0.2, 0) is 9.59 Å². The summed E-state index contributed by atoms with van der Waals surface area (Å²) in [5.41, 5.74) is 4.24. The van der Waals surface area contributed by atoms with Crippen molar-refractivity contribution in [2.24, 2.45) is 5.92 Å². The number of anilines is 1. The first-order chi connectivity index (χ1) is 15.5. The lowest BCUT2D eigenvalue weighted by molar-refractivity contribution is -0.126. The minimum atomic E-state index is -0.334. The number of methoxy groups -OCH3 is 1. The third-order valence-corrected chi connectivity index (χ3v) is 6.91. The average Bonchev–Trinajstić information content (AvgIpc) is 3.46. The number of para-hydroxylation sites is 1. The van der Waals surface area contributed by atoms with Crippen LogP contribution in [0.1, 0.15) is 42.0 Å². The molecule has 4 rings (SSSR count). The predicted octanol–water partition coefficient (Wildman–Crippen LogP) is 3.62. The fourth-order valence-corrected chi connectivity index (χ4v) is 4.92. The number of amides is 2. The summed E-state index contributed by atoms with van der Waals surface area (Å²) < 4.78 is 5.60. The van der Waals surface area contributed by atoms with E-state index in [0.29, 0.717) is 13.1 Å². The Morgan fingerprint density at radius 1 is 1.12 bits per heavy atom. The number of rotatable bonds is 7. The van der Waals surface area contributed by atoms with Gasteiger partial charge in [-0.05, 0) is 63.0 Å². The summed E-state index contributed by atoms with van der Waals surface area (Å²) in [7, 11) is 1.68. The first-order valence-electron chi connectivity index (χ1n) is 11.5. The summed E-state index contributed by atoms with van der Waals surface area (Å²) in [6.45, 7) is 7.03. The van der Waals surface area contributed by atoms with Gasteiger partial charge in [0.1, 0.15) is 5.75 Å². The third-order valence-electron chi connectivity index (χ3n) is 6.91. The zero-order valence-corrected chi connectivity index (χ0v) is 19.3. The number of benzene rings is 2. The normalized spacial score (nSPS) is 19.9. The molecule has 170 valence electrons. The summed E-state index contributed by atoms with van der Waals surface area (Å²) in [5.74, 6) is 0.472. The van der Waals surface area contributed by atoms with Gasteiger partial charge in [0.25, 0.3) is 0 Å². The maximum absolute atomic E-state index is 13.1. The molecule has 2 fully saturated rings. The molecule has 0 aromatic heterocycles. The fourth-order valence-electron chi connectivity index (χ4n) is 4.92. The molecule has 0 bridgehead atoms. The molecule has 2 aliphatic rings. The number of carbonyl (C=O) groups excluding carboxylic acids is 2. The van der Waals surface area contributed by atoms with Crippen LogP contribution in [0.3, 0.4) is 0 Å². The maximum atomic E-state index is 13.1. The van der Waals surface area contributed by atoms with E-state index in [0.717, 1.165) is 41.2 Å². The van der Waals surface area contributed by atoms with E-state index in [-0.39, 0.29) is 30.2 Å². The van der Waals surface area contributed by atoms with E-state index >= 15 is 0 Å². The monoisotopic (exact) mass is 435 g/mol. The lowest BCUT2D eigenvalue weighted by Crippen LogP contribution is -2.40. The number of hydrogen-bond donors (Lipinski definition) is 1. The Balaban J connectivity index is 1.45. The van der Waals surface area contributed by atoms with Gasteiger partial charge in [-0.25, -0.2) is 0 Å². The first-order valence-corrected chi connectivity index (χ1v) is 11.5. The highest BCUT2D eigenvalue weighted by Gasteiger charge is 2.36. The van der Waals surface area contributed by atoms with Crippen molar-refractivity contribution in [2.75, 3.05) is 38.2 Å². The number of ether oxygens (including phenoxy) is 1. The van der Waals surface area contributed by atoms with Crippen LogP contribution in [0.5, 0.6) is 5.75 Å². The van der Waals surface area contributed by atoms with Gasteiger partial charge in [-0.2, -0.15) is 0 Å². The second kappa shape index (κ2) is 9.74. The van der Waals surface area contributed by atoms with E-state index < -0.39 is 0 Å². The summed E-state index contributed by atoms with van der Waals surface area (Å²) in [5, 5.41) is 3.15. The van der Waals surface area contributed by atoms with E-state index in [2.05, 4.69) is 16.3 Å². The van der Waals surface area contributed by atoms with Gasteiger partial charge in [-0.15, -0.1) is 0 Å². The van der Waals surface area contributed by atoms with Gasteiger partial charge in [0.2, 0.25) is 11.8 Å². The molecule has 2 amide bonds. The van der Waals surface area contributed by atoms with Crippen LogP contribution in [0.2, 0.25) is 0 Å². The largest absolute Gasteiger partial charge is 0.496 e. The Labute approximate surface area is 190 Å². The zero-order chi connectivity index (χ0) is 22.7. The van der Waals surface area contributed by atoms with Crippen LogP contribution in [0, 0.1) is 19.8 Å². The topological polar surface area (TPSA) is 61.9 Å². The van der Waals surface area contributed by atoms with E-state index in [1.54, 1.807) is 12.0 Å². The van der Waals surface area contributed by atoms with Crippen molar-refractivity contribution in [1.82, 2.24) is 10.2 Å². The van der Waals surface area contributed by atoms with Crippen molar-refractivity contribution in [2.45, 2.75) is 39.2 Å². The Hall–Kier alpha value is -2.86. The van der Waals surface area contributed by atoms with Crippen molar-refractivity contribution in [3.63, 3.8) is 0 Å². The molecule has 2 atom stereocenters. The van der Waals surface area contributed by atoms with Crippen LogP contribution in [0.25, 0.3) is 0 Å². The molecule has 2 aromatic rings. The molecular weight excluding hydrogens is 402 g/mol. The van der Waals surface area contributed by atoms with Crippen molar-refractivity contribution < 1.29 is 14.3 Å². The minimum Gasteiger partial charge on any atom is -0.496 e. The van der Waals surface area contributed by atoms with Crippen molar-refractivity contribution in [3.05, 3.63) is 59.2 Å². The minimum absolute atomic E-state index is 0.0136. The second-order valence-corrected chi connectivity index (χ2v) is 8.87. The smallest absolute Gasteiger partial charge is 0.227 e. The lowest BCUT2D eigenvalue weighted by atomic mass is 10.0. The molecule has 2 aromatic carbocycles. The van der Waals surface area contributed by atoms with Gasteiger partial charge in [-0.1, -0.05) is 30.3 Å². The second-order valence-electron chi connectivity index (χ2n) is 8.87. The molecule has 2 saturated heterocycles. The van der Waals surface area contributed by atoms with Crippen LogP contribution in [0.15, 0.2) is 42.5 Å². The maximum Gasteiger partial charge on any atom is 0.227 e. The summed E-state index contributed by atoms with van der Waals surface area (Å²) in [6.07, 6.45) is 2.59. The van der Waals surface area contributed by atoms with Crippen LogP contribution in [0.4, 0.5) is 5.69 Å². The molecule has 2 aliphatic heterocycles. The van der Waals surface area contributed by atoms with Gasteiger partial charge in [-0.3, -0.25) is 14.5 Å². The summed E-state index contributed by atoms with van der Waals surface area (Å²) in [4.78, 5) is 30.0. The van der Waals surface area contributed by atoms with E-state index in [9.17, 15) is 9.59 Å². The molecule has 2 unspecified atom stereocenters. The fraction of sp³-hybridized carbons (Fsp3) is 0.462. The highest BCUT2D eigenvalue weighted by molar-refractivity contribution is 6.00. The molecule has 0 saturated carbocycles. The summed E-state index contributed by atoms with van der Waals surface area (Å²) in [6, 6.07) is 14.1. The Bertz CT molecular complexity index is 984. The molecule has 0 spiro atoms. The number of hydrogen-bond acceptors (Lipinski definition) is 4. The molecule has 1 N–H and O–H groups in total. The highest BCUT2D eigenvalue weighted by Crippen LogP contribution is 2.32. The SMILES string of the molecule is COc1ccccc1C(CNC(=O)C1CC(=O)N(c2cccc(C)c2C)C1)N1CCCC1. The van der Waals surface area contributed by atoms with Crippen LogP contribution >= 0.6 is 0 Å². The van der Waals surface area contributed by atoms with Gasteiger partial charge >= 0.3 is 0 Å². The number of nitrogens with one attached hydrogen (secondary N) is 1. The Morgan fingerprint density at radius 2 is 1.88 bits per heavy atom. The molecule has 2 heterocycles. The number of nitrogens with zero attached hydrogens (tertiary/aromatic N) is 2. The zero-order valence-electron chi connectivity index (χ0n) is 19.3. The molecular formula is C26H33N3O3. The number of likely N-dealkylation sites (tertiary alicyclic amines) is 1. The van der Waals surface area contributed by atoms with E-state index in [1.807, 2.05) is 50.2 Å². The first kappa shape index (κ1) is 22.3. The quantitative estimate of drug-likeness (QED) is 0.722. The van der Waals surface area contributed by atoms with Gasteiger partial charge < -0.3 is 15.0 Å². The lowest BCUT2D eigenvalue weighted by Gasteiger charge is -2.29. The molecule has 0 aliphatic carbocycles. The van der Waals surface area contributed by atoms with Crippen molar-refractivity contribution in [1.29, 1.82) is 0 Å². The molecule has 0 radical (unpaired) electrons. The highest BCUT2D eigenvalue weighted by atomic mass is 16.5. The third kappa shape index (κ3) is 4.51. The number of aryl methyl sites for hydroxylation is 1. The predicted molar refractivity (Wildman–Crippen MR) is 126 cm³/mol. The van der Waals surface area contributed by atoms with Gasteiger partial charge in [0.15, 0.2) is 0 Å².